The lowest BCUT2D eigenvalue weighted by Crippen LogP contribution is -2.04. The molecule has 0 aromatic carbocycles. The number of hydrogen-bond donors (Lipinski definition) is 0. The van der Waals surface area contributed by atoms with Gasteiger partial charge in [-0.25, -0.2) is 4.98 Å². The molecular weight excluding hydrogens is 152 g/mol. The van der Waals surface area contributed by atoms with Gasteiger partial charge in [0.2, 0.25) is 0 Å². The lowest BCUT2D eigenvalue weighted by molar-refractivity contribution is 0.111. The fourth-order valence-corrected chi connectivity index (χ4v) is 1.18. The molecule has 0 radical (unpaired) electrons. The minimum atomic E-state index is 0.543. The van der Waals surface area contributed by atoms with E-state index in [4.69, 9.17) is 0 Å². The molecule has 0 spiro atoms. The average Bonchev–Trinajstić information content (AvgIpc) is 2.43. The van der Waals surface area contributed by atoms with Crippen LogP contribution in [0.4, 0.5) is 0 Å². The summed E-state index contributed by atoms with van der Waals surface area (Å²) in [4.78, 5) is 14.5. The molecule has 0 saturated heterocycles. The highest BCUT2D eigenvalue weighted by molar-refractivity contribution is 5.69. The lowest BCUT2D eigenvalue weighted by atomic mass is 10.3. The van der Waals surface area contributed by atoms with Gasteiger partial charge in [-0.1, -0.05) is 13.3 Å². The maximum atomic E-state index is 10.5. The van der Waals surface area contributed by atoms with Gasteiger partial charge in [0.1, 0.15) is 0 Å². The molecule has 0 unspecified atom stereocenters. The van der Waals surface area contributed by atoms with Crippen LogP contribution in [0.1, 0.15) is 36.1 Å². The van der Waals surface area contributed by atoms with Crippen molar-refractivity contribution in [3.63, 3.8) is 0 Å². The van der Waals surface area contributed by atoms with Gasteiger partial charge in [0.15, 0.2) is 12.1 Å². The van der Waals surface area contributed by atoms with Crippen LogP contribution in [0.3, 0.4) is 0 Å². The number of aryl methyl sites for hydroxylation is 1. The Hall–Kier alpha value is -1.12. The maximum Gasteiger partial charge on any atom is 0.185 e. The molecule has 0 bridgehead atoms. The van der Waals surface area contributed by atoms with Crippen LogP contribution in [-0.4, -0.2) is 15.8 Å². The average molecular weight is 166 g/mol. The molecule has 0 aliphatic rings. The monoisotopic (exact) mass is 166 g/mol. The maximum absolute atomic E-state index is 10.5. The van der Waals surface area contributed by atoms with Crippen molar-refractivity contribution in [2.75, 3.05) is 0 Å². The first-order valence-electron chi connectivity index (χ1n) is 4.27. The number of rotatable bonds is 4. The molecule has 1 rings (SSSR count). The van der Waals surface area contributed by atoms with E-state index in [-0.39, 0.29) is 0 Å². The van der Waals surface area contributed by atoms with Gasteiger partial charge in [0.05, 0.1) is 0 Å². The number of carbonyl (C=O) groups excluding carboxylic acids is 1. The molecule has 1 heterocycles. The first-order chi connectivity index (χ1) is 5.79. The molecule has 3 heteroatoms. The Kier molecular flexibility index (Phi) is 3.02. The van der Waals surface area contributed by atoms with E-state index in [0.717, 1.165) is 31.4 Å². The van der Waals surface area contributed by atoms with Crippen molar-refractivity contribution in [3.05, 3.63) is 17.7 Å². The highest BCUT2D eigenvalue weighted by atomic mass is 16.1. The van der Waals surface area contributed by atoms with Crippen molar-refractivity contribution >= 4 is 6.29 Å². The first kappa shape index (κ1) is 8.97. The molecule has 0 N–H and O–H groups in total. The van der Waals surface area contributed by atoms with Crippen LogP contribution in [0.2, 0.25) is 0 Å². The van der Waals surface area contributed by atoms with Gasteiger partial charge in [-0.3, -0.25) is 4.79 Å². The molecule has 3 nitrogen and oxygen atoms in total. The van der Waals surface area contributed by atoms with Crippen LogP contribution < -0.4 is 0 Å². The van der Waals surface area contributed by atoms with Crippen molar-refractivity contribution in [1.82, 2.24) is 9.55 Å². The topological polar surface area (TPSA) is 34.9 Å². The summed E-state index contributed by atoms with van der Waals surface area (Å²) in [6.45, 7) is 5.00. The molecule has 1 aromatic heterocycles. The third-order valence-electron chi connectivity index (χ3n) is 1.93. The van der Waals surface area contributed by atoms with Crippen LogP contribution >= 0.6 is 0 Å². The fourth-order valence-electron chi connectivity index (χ4n) is 1.18. The number of aromatic nitrogens is 2. The quantitative estimate of drug-likeness (QED) is 0.639. The van der Waals surface area contributed by atoms with Crippen LogP contribution in [-0.2, 0) is 6.54 Å². The zero-order chi connectivity index (χ0) is 8.97. The Morgan fingerprint density at radius 3 is 3.00 bits per heavy atom. The molecule has 0 fully saturated rings. The van der Waals surface area contributed by atoms with Crippen LogP contribution in [0.15, 0.2) is 6.20 Å². The molecule has 12 heavy (non-hydrogen) atoms. The summed E-state index contributed by atoms with van der Waals surface area (Å²) in [6.07, 6.45) is 4.77. The summed E-state index contributed by atoms with van der Waals surface area (Å²) in [7, 11) is 0. The number of unbranched alkanes of at least 4 members (excludes halogenated alkanes) is 1. The summed E-state index contributed by atoms with van der Waals surface area (Å²) in [5, 5.41) is 0. The Morgan fingerprint density at radius 2 is 2.42 bits per heavy atom. The first-order valence-corrected chi connectivity index (χ1v) is 4.27. The highest BCUT2D eigenvalue weighted by Crippen LogP contribution is 2.04. The molecular formula is C9H14N2O. The fraction of sp³-hybridized carbons (Fsp3) is 0.556. The molecule has 66 valence electrons. The van der Waals surface area contributed by atoms with Crippen LogP contribution in [0.5, 0.6) is 0 Å². The van der Waals surface area contributed by atoms with E-state index >= 15 is 0 Å². The standard InChI is InChI=1S/C9H14N2O/c1-3-4-5-11-8(2)6-10-9(11)7-12/h6-7H,3-5H2,1-2H3. The zero-order valence-electron chi connectivity index (χ0n) is 7.58. The number of carbonyl (C=O) groups is 1. The number of imidazole rings is 1. The number of aldehydes is 1. The van der Waals surface area contributed by atoms with E-state index in [9.17, 15) is 4.79 Å². The predicted octanol–water partition coefficient (Wildman–Crippen LogP) is 1.80. The minimum absolute atomic E-state index is 0.543. The lowest BCUT2D eigenvalue weighted by Gasteiger charge is -2.04. The van der Waals surface area contributed by atoms with E-state index < -0.39 is 0 Å². The third-order valence-corrected chi connectivity index (χ3v) is 1.93. The Bertz CT molecular complexity index is 265. The zero-order valence-corrected chi connectivity index (χ0v) is 7.58. The molecule has 0 aliphatic heterocycles. The van der Waals surface area contributed by atoms with Crippen molar-refractivity contribution < 1.29 is 4.79 Å². The second kappa shape index (κ2) is 4.04. The molecule has 0 saturated carbocycles. The Balaban J connectivity index is 2.79. The normalized spacial score (nSPS) is 10.2. The van der Waals surface area contributed by atoms with E-state index in [1.54, 1.807) is 6.20 Å². The molecule has 0 amide bonds. The van der Waals surface area contributed by atoms with Crippen molar-refractivity contribution in [2.45, 2.75) is 33.2 Å². The highest BCUT2D eigenvalue weighted by Gasteiger charge is 2.03. The molecule has 0 aliphatic carbocycles. The summed E-state index contributed by atoms with van der Waals surface area (Å²) >= 11 is 0. The van der Waals surface area contributed by atoms with Crippen molar-refractivity contribution in [1.29, 1.82) is 0 Å². The summed E-state index contributed by atoms with van der Waals surface area (Å²) < 4.78 is 1.95. The van der Waals surface area contributed by atoms with Crippen LogP contribution in [0, 0.1) is 6.92 Å². The number of hydrogen-bond acceptors (Lipinski definition) is 2. The summed E-state index contributed by atoms with van der Waals surface area (Å²) in [5.41, 5.74) is 1.06. The van der Waals surface area contributed by atoms with E-state index in [0.29, 0.717) is 5.82 Å². The smallest absolute Gasteiger partial charge is 0.185 e. The van der Waals surface area contributed by atoms with Gasteiger partial charge >= 0.3 is 0 Å². The second-order valence-corrected chi connectivity index (χ2v) is 2.88. The van der Waals surface area contributed by atoms with E-state index in [2.05, 4.69) is 11.9 Å². The van der Waals surface area contributed by atoms with Gasteiger partial charge < -0.3 is 4.57 Å². The Morgan fingerprint density at radius 1 is 1.67 bits per heavy atom. The number of nitrogens with zero attached hydrogens (tertiary/aromatic N) is 2. The molecule has 0 atom stereocenters. The summed E-state index contributed by atoms with van der Waals surface area (Å²) in [6, 6.07) is 0. The van der Waals surface area contributed by atoms with Gasteiger partial charge in [-0.05, 0) is 13.3 Å². The largest absolute Gasteiger partial charge is 0.326 e. The van der Waals surface area contributed by atoms with Gasteiger partial charge in [0, 0.05) is 18.4 Å². The van der Waals surface area contributed by atoms with Crippen LogP contribution in [0.25, 0.3) is 0 Å². The van der Waals surface area contributed by atoms with E-state index in [1.165, 1.54) is 0 Å². The van der Waals surface area contributed by atoms with Crippen molar-refractivity contribution in [2.24, 2.45) is 0 Å². The Labute approximate surface area is 72.4 Å². The second-order valence-electron chi connectivity index (χ2n) is 2.88. The SMILES string of the molecule is CCCCn1c(C)cnc1C=O. The minimum Gasteiger partial charge on any atom is -0.326 e. The van der Waals surface area contributed by atoms with E-state index in [1.807, 2.05) is 11.5 Å². The summed E-state index contributed by atoms with van der Waals surface area (Å²) in [5.74, 6) is 0.543. The van der Waals surface area contributed by atoms with Gasteiger partial charge in [0.25, 0.3) is 0 Å². The van der Waals surface area contributed by atoms with Gasteiger partial charge in [-0.15, -0.1) is 0 Å². The van der Waals surface area contributed by atoms with Crippen molar-refractivity contribution in [3.8, 4) is 0 Å². The van der Waals surface area contributed by atoms with Gasteiger partial charge in [-0.2, -0.15) is 0 Å². The third kappa shape index (κ3) is 1.72. The molecule has 1 aromatic rings. The predicted molar refractivity (Wildman–Crippen MR) is 47.3 cm³/mol.